The van der Waals surface area contributed by atoms with Crippen LogP contribution in [-0.4, -0.2) is 21.6 Å². The maximum absolute atomic E-state index is 9.51. The molecule has 2 heterocycles. The Bertz CT molecular complexity index is 300. The normalized spacial score (nSPS) is 22.0. The number of nitrogens with one attached hydrogen (secondary N) is 1. The van der Waals surface area contributed by atoms with Crippen molar-refractivity contribution in [1.82, 2.24) is 15.3 Å². The van der Waals surface area contributed by atoms with E-state index in [1.54, 1.807) is 6.20 Å². The molecule has 0 spiro atoms. The fourth-order valence-electron chi connectivity index (χ4n) is 1.38. The summed E-state index contributed by atoms with van der Waals surface area (Å²) in [6.07, 6.45) is 1.26. The minimum atomic E-state index is -0.450. The van der Waals surface area contributed by atoms with Crippen molar-refractivity contribution in [3.63, 3.8) is 0 Å². The number of nitrogens with zero attached hydrogens (tertiary/aromatic N) is 2. The predicted molar refractivity (Wildman–Crippen MR) is 43.4 cm³/mol. The van der Waals surface area contributed by atoms with Gasteiger partial charge < -0.3 is 10.4 Å². The number of hydrogen-bond acceptors (Lipinski definition) is 4. The minimum Gasteiger partial charge on any atom is -0.387 e. The van der Waals surface area contributed by atoms with Crippen molar-refractivity contribution in [2.24, 2.45) is 0 Å². The molecular formula is C8H11N3O. The molecule has 1 aromatic rings. The Kier molecular flexibility index (Phi) is 1.78. The number of aromatic nitrogens is 2. The highest BCUT2D eigenvalue weighted by atomic mass is 16.3. The lowest BCUT2D eigenvalue weighted by molar-refractivity contribution is 0.163. The first-order valence-electron chi connectivity index (χ1n) is 3.98. The number of aliphatic hydroxyl groups is 1. The standard InChI is InChI=1S/C8H11N3O/c1-5-10-2-6-7(11-5)3-9-4-8(6)12/h2,8-9,12H,3-4H2,1H3. The largest absolute Gasteiger partial charge is 0.387 e. The zero-order chi connectivity index (χ0) is 8.55. The number of rotatable bonds is 0. The number of β-amino-alcohol motifs (C(OH)–C–C–N with tert-alkyl or cyclic N) is 1. The average molecular weight is 165 g/mol. The van der Waals surface area contributed by atoms with E-state index >= 15 is 0 Å². The molecule has 1 aliphatic rings. The lowest BCUT2D eigenvalue weighted by Gasteiger charge is -2.20. The van der Waals surface area contributed by atoms with Crippen LogP contribution in [-0.2, 0) is 6.54 Å². The van der Waals surface area contributed by atoms with Crippen LogP contribution in [0.1, 0.15) is 23.2 Å². The summed E-state index contributed by atoms with van der Waals surface area (Å²) >= 11 is 0. The molecule has 0 bridgehead atoms. The van der Waals surface area contributed by atoms with Crippen LogP contribution in [0.5, 0.6) is 0 Å². The second-order valence-corrected chi connectivity index (χ2v) is 2.97. The molecule has 0 saturated carbocycles. The molecule has 0 aromatic carbocycles. The monoisotopic (exact) mass is 165 g/mol. The maximum Gasteiger partial charge on any atom is 0.125 e. The van der Waals surface area contributed by atoms with Gasteiger partial charge >= 0.3 is 0 Å². The maximum atomic E-state index is 9.51. The Balaban J connectivity index is 2.46. The van der Waals surface area contributed by atoms with Crippen molar-refractivity contribution >= 4 is 0 Å². The quantitative estimate of drug-likeness (QED) is 0.564. The summed E-state index contributed by atoms with van der Waals surface area (Å²) in [4.78, 5) is 8.27. The molecule has 1 atom stereocenters. The molecule has 0 amide bonds. The van der Waals surface area contributed by atoms with Gasteiger partial charge in [-0.25, -0.2) is 9.97 Å². The third kappa shape index (κ3) is 1.19. The molecule has 1 aromatic heterocycles. The Hall–Kier alpha value is -1.00. The summed E-state index contributed by atoms with van der Waals surface area (Å²) < 4.78 is 0. The topological polar surface area (TPSA) is 58.0 Å². The van der Waals surface area contributed by atoms with E-state index in [0.29, 0.717) is 6.54 Å². The van der Waals surface area contributed by atoms with Gasteiger partial charge in [-0.15, -0.1) is 0 Å². The highest BCUT2D eigenvalue weighted by molar-refractivity contribution is 5.22. The molecule has 4 heteroatoms. The molecule has 0 saturated heterocycles. The van der Waals surface area contributed by atoms with E-state index < -0.39 is 6.10 Å². The van der Waals surface area contributed by atoms with E-state index in [4.69, 9.17) is 0 Å². The molecule has 2 rings (SSSR count). The summed E-state index contributed by atoms with van der Waals surface area (Å²) in [5, 5.41) is 12.6. The third-order valence-electron chi connectivity index (χ3n) is 2.01. The van der Waals surface area contributed by atoms with Crippen LogP contribution in [0.3, 0.4) is 0 Å². The van der Waals surface area contributed by atoms with Gasteiger partial charge in [0.25, 0.3) is 0 Å². The minimum absolute atomic E-state index is 0.450. The first-order chi connectivity index (χ1) is 5.77. The Morgan fingerprint density at radius 3 is 3.33 bits per heavy atom. The first-order valence-corrected chi connectivity index (χ1v) is 3.98. The van der Waals surface area contributed by atoms with Gasteiger partial charge in [-0.05, 0) is 6.92 Å². The first kappa shape index (κ1) is 7.64. The predicted octanol–water partition coefficient (Wildman–Crippen LogP) is -0.0784. The van der Waals surface area contributed by atoms with E-state index in [1.807, 2.05) is 6.92 Å². The third-order valence-corrected chi connectivity index (χ3v) is 2.01. The Morgan fingerprint density at radius 2 is 2.50 bits per heavy atom. The highest BCUT2D eigenvalue weighted by Crippen LogP contribution is 2.18. The van der Waals surface area contributed by atoms with Crippen LogP contribution in [0.4, 0.5) is 0 Å². The van der Waals surface area contributed by atoms with Crippen molar-refractivity contribution in [3.8, 4) is 0 Å². The average Bonchev–Trinajstić information content (AvgIpc) is 2.04. The van der Waals surface area contributed by atoms with Gasteiger partial charge in [0.05, 0.1) is 11.8 Å². The fourth-order valence-corrected chi connectivity index (χ4v) is 1.38. The van der Waals surface area contributed by atoms with E-state index in [-0.39, 0.29) is 0 Å². The van der Waals surface area contributed by atoms with Gasteiger partial charge in [-0.2, -0.15) is 0 Å². The smallest absolute Gasteiger partial charge is 0.125 e. The summed E-state index contributed by atoms with van der Waals surface area (Å²) in [5.41, 5.74) is 1.78. The van der Waals surface area contributed by atoms with E-state index in [9.17, 15) is 5.11 Å². The van der Waals surface area contributed by atoms with Gasteiger partial charge in [0.1, 0.15) is 5.82 Å². The lowest BCUT2D eigenvalue weighted by atomic mass is 10.1. The summed E-state index contributed by atoms with van der Waals surface area (Å²) in [7, 11) is 0. The van der Waals surface area contributed by atoms with Crippen LogP contribution in [0.25, 0.3) is 0 Å². The van der Waals surface area contributed by atoms with Gasteiger partial charge in [0.2, 0.25) is 0 Å². The fraction of sp³-hybridized carbons (Fsp3) is 0.500. The Morgan fingerprint density at radius 1 is 1.67 bits per heavy atom. The van der Waals surface area contributed by atoms with Crippen LogP contribution < -0.4 is 5.32 Å². The van der Waals surface area contributed by atoms with Crippen molar-refractivity contribution in [2.75, 3.05) is 6.54 Å². The molecule has 2 N–H and O–H groups in total. The number of aryl methyl sites for hydroxylation is 1. The van der Waals surface area contributed by atoms with Crippen LogP contribution in [0, 0.1) is 6.92 Å². The molecule has 0 aliphatic carbocycles. The number of fused-ring (bicyclic) bond motifs is 1. The SMILES string of the molecule is Cc1ncc2c(n1)CNCC2O. The highest BCUT2D eigenvalue weighted by Gasteiger charge is 2.18. The molecule has 0 fully saturated rings. The van der Waals surface area contributed by atoms with E-state index in [1.165, 1.54) is 0 Å². The molecule has 64 valence electrons. The summed E-state index contributed by atoms with van der Waals surface area (Å²) in [5.74, 6) is 0.754. The zero-order valence-corrected chi connectivity index (χ0v) is 6.91. The van der Waals surface area contributed by atoms with Gasteiger partial charge in [-0.3, -0.25) is 0 Å². The summed E-state index contributed by atoms with van der Waals surface area (Å²) in [6, 6.07) is 0. The molecule has 1 unspecified atom stereocenters. The van der Waals surface area contributed by atoms with Crippen molar-refractivity contribution in [3.05, 3.63) is 23.3 Å². The number of aliphatic hydroxyl groups excluding tert-OH is 1. The van der Waals surface area contributed by atoms with Crippen molar-refractivity contribution < 1.29 is 5.11 Å². The second kappa shape index (κ2) is 2.80. The van der Waals surface area contributed by atoms with Crippen LogP contribution in [0.15, 0.2) is 6.20 Å². The van der Waals surface area contributed by atoms with Crippen LogP contribution >= 0.6 is 0 Å². The molecule has 1 aliphatic heterocycles. The van der Waals surface area contributed by atoms with Gasteiger partial charge in [-0.1, -0.05) is 0 Å². The molecule has 4 nitrogen and oxygen atoms in total. The summed E-state index contributed by atoms with van der Waals surface area (Å²) in [6.45, 7) is 3.18. The van der Waals surface area contributed by atoms with E-state index in [0.717, 1.165) is 23.6 Å². The van der Waals surface area contributed by atoms with E-state index in [2.05, 4.69) is 15.3 Å². The second-order valence-electron chi connectivity index (χ2n) is 2.97. The Labute approximate surface area is 70.7 Å². The van der Waals surface area contributed by atoms with Crippen molar-refractivity contribution in [2.45, 2.75) is 19.6 Å². The molecule has 0 radical (unpaired) electrons. The molecule has 12 heavy (non-hydrogen) atoms. The zero-order valence-electron chi connectivity index (χ0n) is 6.91. The molecular weight excluding hydrogens is 154 g/mol. The van der Waals surface area contributed by atoms with Gasteiger partial charge in [0, 0.05) is 24.8 Å². The van der Waals surface area contributed by atoms with Crippen LogP contribution in [0.2, 0.25) is 0 Å². The number of hydrogen-bond donors (Lipinski definition) is 2. The van der Waals surface area contributed by atoms with Crippen molar-refractivity contribution in [1.29, 1.82) is 0 Å². The lowest BCUT2D eigenvalue weighted by Crippen LogP contribution is -2.29. The van der Waals surface area contributed by atoms with Gasteiger partial charge in [0.15, 0.2) is 0 Å².